The van der Waals surface area contributed by atoms with Gasteiger partial charge >= 0.3 is 5.97 Å². The molecule has 41 heavy (non-hydrogen) atoms. The molecule has 0 aliphatic rings. The zero-order valence-electron chi connectivity index (χ0n) is 23.2. The van der Waals surface area contributed by atoms with Crippen LogP contribution < -0.4 is 31.7 Å². The molecule has 13 nitrogen and oxygen atoms in total. The number of rotatable bonds is 14. The molecule has 0 spiro atoms. The van der Waals surface area contributed by atoms with E-state index in [0.717, 1.165) is 0 Å². The molecule has 2 aromatic carbocycles. The maximum absolute atomic E-state index is 12.7. The van der Waals surface area contributed by atoms with Gasteiger partial charge in [-0.25, -0.2) is 0 Å². The predicted octanol–water partition coefficient (Wildman–Crippen LogP) is 2.09. The van der Waals surface area contributed by atoms with E-state index in [4.69, 9.17) is 15.9 Å². The van der Waals surface area contributed by atoms with Crippen LogP contribution in [0, 0.1) is 10.8 Å². The Labute approximate surface area is 237 Å². The van der Waals surface area contributed by atoms with E-state index in [0.29, 0.717) is 36.6 Å². The highest BCUT2D eigenvalue weighted by Crippen LogP contribution is 2.19. The summed E-state index contributed by atoms with van der Waals surface area (Å²) < 4.78 is 5.63. The topological polar surface area (TPSA) is 213 Å². The lowest BCUT2D eigenvalue weighted by Gasteiger charge is -2.17. The molecule has 8 N–H and O–H groups in total. The van der Waals surface area contributed by atoms with Crippen LogP contribution in [0.1, 0.15) is 50.4 Å². The molecule has 0 bridgehead atoms. The molecule has 0 fully saturated rings. The highest BCUT2D eigenvalue weighted by atomic mass is 16.5. The van der Waals surface area contributed by atoms with E-state index in [1.807, 2.05) is 20.8 Å². The molecule has 0 aromatic heterocycles. The van der Waals surface area contributed by atoms with Gasteiger partial charge in [-0.1, -0.05) is 26.8 Å². The molecule has 220 valence electrons. The fourth-order valence-corrected chi connectivity index (χ4v) is 3.45. The van der Waals surface area contributed by atoms with E-state index >= 15 is 0 Å². The third-order valence-corrected chi connectivity index (χ3v) is 5.62. The standard InChI is InChI=1S/C28H36N6O7/c1-28(2,3)22(35)8-5-13-41-20-11-9-18(10-12-20)32-26(40)21(15-24(37)38)34-23(36)16-31-25(39)17-6-4-7-19(14-17)33-27(29)30/h4,6-7,9-12,14,21H,5,8,13,15-16H2,1-3H3,(H,31,39)(H,32,40)(H,34,36)(H,37,38)(H4,29,30,33)/t21-/m0/s1. The van der Waals surface area contributed by atoms with Crippen molar-refractivity contribution in [2.24, 2.45) is 11.1 Å². The number of carboxylic acids is 1. The van der Waals surface area contributed by atoms with Crippen molar-refractivity contribution in [3.05, 3.63) is 54.1 Å². The van der Waals surface area contributed by atoms with Crippen molar-refractivity contribution < 1.29 is 33.8 Å². The third kappa shape index (κ3) is 11.8. The zero-order chi connectivity index (χ0) is 30.6. The van der Waals surface area contributed by atoms with E-state index in [1.54, 1.807) is 36.4 Å². The molecule has 0 aliphatic heterocycles. The van der Waals surface area contributed by atoms with Crippen molar-refractivity contribution in [3.8, 4) is 5.75 Å². The monoisotopic (exact) mass is 568 g/mol. The van der Waals surface area contributed by atoms with Crippen molar-refractivity contribution in [1.82, 2.24) is 10.6 Å². The molecule has 0 radical (unpaired) electrons. The van der Waals surface area contributed by atoms with Gasteiger partial charge < -0.3 is 36.8 Å². The summed E-state index contributed by atoms with van der Waals surface area (Å²) in [5.74, 6) is -3.07. The molecule has 2 aromatic rings. The van der Waals surface area contributed by atoms with Crippen LogP contribution >= 0.6 is 0 Å². The number of ether oxygens (including phenoxy) is 1. The Morgan fingerprint density at radius 3 is 2.29 bits per heavy atom. The van der Waals surface area contributed by atoms with Crippen molar-refractivity contribution in [3.63, 3.8) is 0 Å². The van der Waals surface area contributed by atoms with Gasteiger partial charge in [-0.2, -0.15) is 0 Å². The molecule has 0 heterocycles. The SMILES string of the molecule is CC(C)(C)C(=O)CCCOc1ccc(NC(=O)[C@H](CC(=O)O)NC(=O)CNC(=O)c2cccc(NC(=N)N)c2)cc1. The van der Waals surface area contributed by atoms with Gasteiger partial charge in [0.05, 0.1) is 19.6 Å². The number of carbonyl (C=O) groups excluding carboxylic acids is 4. The Balaban J connectivity index is 1.88. The van der Waals surface area contributed by atoms with Crippen LogP contribution in [0.2, 0.25) is 0 Å². The van der Waals surface area contributed by atoms with Crippen LogP contribution in [0.3, 0.4) is 0 Å². The van der Waals surface area contributed by atoms with Crippen molar-refractivity contribution in [1.29, 1.82) is 5.41 Å². The number of carboxylic acid groups (broad SMARTS) is 1. The summed E-state index contributed by atoms with van der Waals surface area (Å²) >= 11 is 0. The third-order valence-electron chi connectivity index (χ3n) is 5.62. The lowest BCUT2D eigenvalue weighted by molar-refractivity contribution is -0.139. The minimum atomic E-state index is -1.41. The number of aliphatic carboxylic acids is 1. The van der Waals surface area contributed by atoms with Gasteiger partial charge in [0.25, 0.3) is 5.91 Å². The van der Waals surface area contributed by atoms with E-state index in [-0.39, 0.29) is 17.3 Å². The van der Waals surface area contributed by atoms with E-state index < -0.39 is 48.1 Å². The second-order valence-corrected chi connectivity index (χ2v) is 10.2. The second kappa shape index (κ2) is 15.0. The van der Waals surface area contributed by atoms with Gasteiger partial charge in [-0.15, -0.1) is 0 Å². The van der Waals surface area contributed by atoms with Crippen LogP contribution in [0.5, 0.6) is 5.75 Å². The summed E-state index contributed by atoms with van der Waals surface area (Å²) in [4.78, 5) is 60.8. The summed E-state index contributed by atoms with van der Waals surface area (Å²) in [7, 11) is 0. The Bertz CT molecular complexity index is 1270. The summed E-state index contributed by atoms with van der Waals surface area (Å²) in [6, 6.07) is 11.0. The second-order valence-electron chi connectivity index (χ2n) is 10.2. The molecule has 3 amide bonds. The Kier molecular flexibility index (Phi) is 11.8. The first-order chi connectivity index (χ1) is 19.2. The minimum absolute atomic E-state index is 0.151. The first-order valence-electron chi connectivity index (χ1n) is 12.8. The number of guanidine groups is 1. The number of anilines is 2. The maximum Gasteiger partial charge on any atom is 0.305 e. The average Bonchev–Trinajstić information content (AvgIpc) is 2.89. The van der Waals surface area contributed by atoms with Crippen LogP contribution in [0.15, 0.2) is 48.5 Å². The summed E-state index contributed by atoms with van der Waals surface area (Å²) in [6.45, 7) is 5.43. The number of hydrogen-bond acceptors (Lipinski definition) is 7. The van der Waals surface area contributed by atoms with E-state index in [9.17, 15) is 29.1 Å². The van der Waals surface area contributed by atoms with Gasteiger partial charge in [0, 0.05) is 28.8 Å². The van der Waals surface area contributed by atoms with Crippen molar-refractivity contribution in [2.75, 3.05) is 23.8 Å². The van der Waals surface area contributed by atoms with Crippen LogP contribution in [-0.4, -0.2) is 59.7 Å². The Morgan fingerprint density at radius 2 is 1.68 bits per heavy atom. The van der Waals surface area contributed by atoms with Gasteiger partial charge in [0.15, 0.2) is 5.96 Å². The van der Waals surface area contributed by atoms with Gasteiger partial charge in [-0.05, 0) is 48.9 Å². The lowest BCUT2D eigenvalue weighted by atomic mass is 9.88. The van der Waals surface area contributed by atoms with E-state index in [1.165, 1.54) is 12.1 Å². The van der Waals surface area contributed by atoms with Crippen LogP contribution in [0.25, 0.3) is 0 Å². The number of nitrogens with one attached hydrogen (secondary N) is 5. The first-order valence-corrected chi connectivity index (χ1v) is 12.8. The number of amides is 3. The normalized spacial score (nSPS) is 11.5. The Hall–Kier alpha value is -4.94. The predicted molar refractivity (Wildman–Crippen MR) is 153 cm³/mol. The highest BCUT2D eigenvalue weighted by Gasteiger charge is 2.24. The van der Waals surface area contributed by atoms with E-state index in [2.05, 4.69) is 21.3 Å². The van der Waals surface area contributed by atoms with Crippen molar-refractivity contribution in [2.45, 2.75) is 46.1 Å². The molecule has 2 rings (SSSR count). The number of hydrogen-bond donors (Lipinski definition) is 7. The van der Waals surface area contributed by atoms with Crippen LogP contribution in [0.4, 0.5) is 11.4 Å². The first kappa shape index (κ1) is 32.3. The molecule has 0 aliphatic carbocycles. The fourth-order valence-electron chi connectivity index (χ4n) is 3.45. The zero-order valence-corrected chi connectivity index (χ0v) is 23.2. The smallest absolute Gasteiger partial charge is 0.305 e. The number of Topliss-reactive ketones (excluding diaryl/α,β-unsaturated/α-hetero) is 1. The highest BCUT2D eigenvalue weighted by molar-refractivity contribution is 6.01. The van der Waals surface area contributed by atoms with Gasteiger partial charge in [0.2, 0.25) is 11.8 Å². The molecule has 0 unspecified atom stereocenters. The summed E-state index contributed by atoms with van der Waals surface area (Å²) in [5.41, 5.74) is 5.83. The lowest BCUT2D eigenvalue weighted by Crippen LogP contribution is -2.48. The molecule has 13 heteroatoms. The van der Waals surface area contributed by atoms with Gasteiger partial charge in [0.1, 0.15) is 17.6 Å². The molecule has 1 atom stereocenters. The fraction of sp³-hybridized carbons (Fsp3) is 0.357. The van der Waals surface area contributed by atoms with Gasteiger partial charge in [-0.3, -0.25) is 29.4 Å². The van der Waals surface area contributed by atoms with Crippen molar-refractivity contribution >= 4 is 46.8 Å². The largest absolute Gasteiger partial charge is 0.494 e. The minimum Gasteiger partial charge on any atom is -0.494 e. The maximum atomic E-state index is 12.7. The average molecular weight is 569 g/mol. The summed E-state index contributed by atoms with van der Waals surface area (Å²) in [5, 5.41) is 26.3. The Morgan fingerprint density at radius 1 is 1.00 bits per heavy atom. The van der Waals surface area contributed by atoms with Crippen LogP contribution in [-0.2, 0) is 19.2 Å². The molecule has 0 saturated heterocycles. The number of carbonyl (C=O) groups is 5. The number of nitrogens with two attached hydrogens (primary N) is 1. The summed E-state index contributed by atoms with van der Waals surface area (Å²) in [6.07, 6.45) is 0.289. The molecule has 0 saturated carbocycles. The number of benzene rings is 2. The molecular formula is C28H36N6O7. The number of ketones is 1. The quantitative estimate of drug-likeness (QED) is 0.101. The molecular weight excluding hydrogens is 532 g/mol.